The van der Waals surface area contributed by atoms with E-state index in [-0.39, 0.29) is 11.5 Å². The van der Waals surface area contributed by atoms with Crippen LogP contribution in [0.25, 0.3) is 11.3 Å². The zero-order chi connectivity index (χ0) is 19.1. The van der Waals surface area contributed by atoms with Crippen LogP contribution < -0.4 is 16.2 Å². The lowest BCUT2D eigenvalue weighted by Crippen LogP contribution is -2.20. The van der Waals surface area contributed by atoms with Gasteiger partial charge in [-0.05, 0) is 36.4 Å². The number of rotatable bonds is 2. The molecule has 134 valence electrons. The van der Waals surface area contributed by atoms with Crippen LogP contribution in [0, 0.1) is 11.3 Å². The Morgan fingerprint density at radius 2 is 1.78 bits per heavy atom. The summed E-state index contributed by atoms with van der Waals surface area (Å²) in [6.07, 6.45) is 0. The summed E-state index contributed by atoms with van der Waals surface area (Å²) in [6.45, 7) is 0. The summed E-state index contributed by atoms with van der Waals surface area (Å²) in [6, 6.07) is 16.2. The van der Waals surface area contributed by atoms with Crippen molar-refractivity contribution in [2.24, 2.45) is 5.73 Å². The molecule has 0 saturated heterocycles. The number of halogens is 2. The van der Waals surface area contributed by atoms with Crippen molar-refractivity contribution in [3.63, 3.8) is 0 Å². The van der Waals surface area contributed by atoms with Crippen LogP contribution in [0.2, 0.25) is 10.0 Å². The van der Waals surface area contributed by atoms with Crippen LogP contribution in [0.15, 0.2) is 64.4 Å². The van der Waals surface area contributed by atoms with Crippen LogP contribution in [0.3, 0.4) is 0 Å². The molecule has 0 saturated carbocycles. The zero-order valence-electron chi connectivity index (χ0n) is 13.9. The number of ether oxygens (including phenoxy) is 1. The van der Waals surface area contributed by atoms with Crippen LogP contribution in [0.4, 0.5) is 5.69 Å². The molecule has 1 aromatic heterocycles. The number of anilines is 1. The number of allylic oxidation sites excluding steroid dienone is 1. The fraction of sp³-hybridized carbons (Fsp3) is 0.0500. The van der Waals surface area contributed by atoms with Crippen molar-refractivity contribution in [2.75, 3.05) is 5.73 Å². The number of hydrogen-bond acceptors (Lipinski definition) is 5. The van der Waals surface area contributed by atoms with E-state index in [0.29, 0.717) is 33.0 Å². The highest BCUT2D eigenvalue weighted by molar-refractivity contribution is 6.42. The number of nitrogens with two attached hydrogens (primary N) is 2. The zero-order valence-corrected chi connectivity index (χ0v) is 15.4. The molecule has 0 unspecified atom stereocenters. The van der Waals surface area contributed by atoms with E-state index < -0.39 is 5.92 Å². The standard InChI is InChI=1S/C20H13Cl2N3O2/c21-14-4-1-10(7-15(14)22)16-5-6-17(26-16)19-12-3-2-11(24)8-18(12)27-20(25)13(19)9-23/h1-8,19H,24-25H2/t19-/m1/s1. The Kier molecular flexibility index (Phi) is 4.23. The molecule has 27 heavy (non-hydrogen) atoms. The third-order valence-corrected chi connectivity index (χ3v) is 5.10. The van der Waals surface area contributed by atoms with Gasteiger partial charge in [0.1, 0.15) is 28.9 Å². The predicted octanol–water partition coefficient (Wildman–Crippen LogP) is 5.05. The van der Waals surface area contributed by atoms with E-state index in [2.05, 4.69) is 6.07 Å². The summed E-state index contributed by atoms with van der Waals surface area (Å²) in [7, 11) is 0. The molecule has 0 aliphatic carbocycles. The van der Waals surface area contributed by atoms with Crippen molar-refractivity contribution in [3.05, 3.63) is 81.4 Å². The molecule has 0 fully saturated rings. The Morgan fingerprint density at radius 1 is 0.963 bits per heavy atom. The van der Waals surface area contributed by atoms with E-state index in [4.69, 9.17) is 43.8 Å². The lowest BCUT2D eigenvalue weighted by atomic mass is 9.87. The molecule has 3 aromatic rings. The molecule has 1 aliphatic heterocycles. The summed E-state index contributed by atoms with van der Waals surface area (Å²) in [5, 5.41) is 10.5. The first-order valence-corrected chi connectivity index (χ1v) is 8.75. The monoisotopic (exact) mass is 397 g/mol. The molecule has 1 aliphatic rings. The quantitative estimate of drug-likeness (QED) is 0.589. The van der Waals surface area contributed by atoms with Gasteiger partial charge in [0.05, 0.1) is 16.0 Å². The second-order valence-corrected chi connectivity index (χ2v) is 6.87. The van der Waals surface area contributed by atoms with Crippen LogP contribution in [0.1, 0.15) is 17.2 Å². The molecule has 4 N–H and O–H groups in total. The van der Waals surface area contributed by atoms with Crippen LogP contribution in [-0.4, -0.2) is 0 Å². The van der Waals surface area contributed by atoms with Crippen molar-refractivity contribution >= 4 is 28.9 Å². The van der Waals surface area contributed by atoms with E-state index in [0.717, 1.165) is 11.1 Å². The van der Waals surface area contributed by atoms with Crippen molar-refractivity contribution in [3.8, 4) is 23.1 Å². The topological polar surface area (TPSA) is 98.2 Å². The number of fused-ring (bicyclic) bond motifs is 1. The van der Waals surface area contributed by atoms with Crippen LogP contribution in [-0.2, 0) is 0 Å². The molecule has 4 rings (SSSR count). The largest absolute Gasteiger partial charge is 0.460 e. The minimum Gasteiger partial charge on any atom is -0.460 e. The van der Waals surface area contributed by atoms with E-state index in [1.165, 1.54) is 0 Å². The maximum atomic E-state index is 9.60. The SMILES string of the molecule is N#CC1=C(N)Oc2cc(N)ccc2[C@H]1c1ccc(-c2ccc(Cl)c(Cl)c2)o1. The molecule has 0 bridgehead atoms. The molecular weight excluding hydrogens is 385 g/mol. The number of hydrogen-bond donors (Lipinski definition) is 2. The minimum atomic E-state index is -0.490. The molecule has 7 heteroatoms. The van der Waals surface area contributed by atoms with Gasteiger partial charge in [0, 0.05) is 22.9 Å². The summed E-state index contributed by atoms with van der Waals surface area (Å²) in [4.78, 5) is 0. The minimum absolute atomic E-state index is 0.0353. The Bertz CT molecular complexity index is 1130. The molecule has 0 radical (unpaired) electrons. The van der Waals surface area contributed by atoms with Gasteiger partial charge >= 0.3 is 0 Å². The number of nitrogen functional groups attached to an aromatic ring is 1. The highest BCUT2D eigenvalue weighted by Crippen LogP contribution is 2.44. The highest BCUT2D eigenvalue weighted by atomic mass is 35.5. The number of furan rings is 1. The first-order chi connectivity index (χ1) is 13.0. The number of nitriles is 1. The second-order valence-electron chi connectivity index (χ2n) is 6.05. The predicted molar refractivity (Wildman–Crippen MR) is 104 cm³/mol. The highest BCUT2D eigenvalue weighted by Gasteiger charge is 2.33. The van der Waals surface area contributed by atoms with Crippen molar-refractivity contribution < 1.29 is 9.15 Å². The van der Waals surface area contributed by atoms with Gasteiger partial charge in [0.2, 0.25) is 5.88 Å². The van der Waals surface area contributed by atoms with Gasteiger partial charge in [0.15, 0.2) is 0 Å². The fourth-order valence-corrected chi connectivity index (χ4v) is 3.37. The first-order valence-electron chi connectivity index (χ1n) is 8.00. The Hall–Kier alpha value is -3.07. The lowest BCUT2D eigenvalue weighted by Gasteiger charge is -2.24. The third kappa shape index (κ3) is 2.99. The van der Waals surface area contributed by atoms with E-state index in [1.807, 2.05) is 12.1 Å². The Labute approximate surface area is 165 Å². The van der Waals surface area contributed by atoms with Gasteiger partial charge in [-0.25, -0.2) is 0 Å². The van der Waals surface area contributed by atoms with Gasteiger partial charge in [0.25, 0.3) is 0 Å². The summed E-state index contributed by atoms with van der Waals surface area (Å²) < 4.78 is 11.6. The first kappa shape index (κ1) is 17.3. The van der Waals surface area contributed by atoms with Gasteiger partial charge < -0.3 is 20.6 Å². The number of benzene rings is 2. The lowest BCUT2D eigenvalue weighted by molar-refractivity contribution is 0.385. The normalized spacial score (nSPS) is 15.8. The van der Waals surface area contributed by atoms with Gasteiger partial charge in [-0.15, -0.1) is 0 Å². The van der Waals surface area contributed by atoms with E-state index in [1.54, 1.807) is 36.4 Å². The summed E-state index contributed by atoms with van der Waals surface area (Å²) >= 11 is 12.1. The van der Waals surface area contributed by atoms with E-state index in [9.17, 15) is 5.26 Å². The molecule has 5 nitrogen and oxygen atoms in total. The van der Waals surface area contributed by atoms with Crippen molar-refractivity contribution in [1.82, 2.24) is 0 Å². The maximum absolute atomic E-state index is 9.60. The Morgan fingerprint density at radius 3 is 2.52 bits per heavy atom. The van der Waals surface area contributed by atoms with Gasteiger partial charge in [-0.3, -0.25) is 0 Å². The van der Waals surface area contributed by atoms with Crippen LogP contribution in [0.5, 0.6) is 5.75 Å². The molecule has 1 atom stereocenters. The molecule has 0 spiro atoms. The summed E-state index contributed by atoms with van der Waals surface area (Å²) in [5.41, 5.74) is 14.1. The van der Waals surface area contributed by atoms with E-state index >= 15 is 0 Å². The maximum Gasteiger partial charge on any atom is 0.205 e. The molecule has 0 amide bonds. The smallest absolute Gasteiger partial charge is 0.205 e. The van der Waals surface area contributed by atoms with Gasteiger partial charge in [-0.2, -0.15) is 5.26 Å². The molecular formula is C20H13Cl2N3O2. The van der Waals surface area contributed by atoms with Crippen molar-refractivity contribution in [2.45, 2.75) is 5.92 Å². The fourth-order valence-electron chi connectivity index (χ4n) is 3.08. The third-order valence-electron chi connectivity index (χ3n) is 4.36. The average Bonchev–Trinajstić information content (AvgIpc) is 3.12. The summed E-state index contributed by atoms with van der Waals surface area (Å²) in [5.74, 6) is 1.21. The average molecular weight is 398 g/mol. The Balaban J connectivity index is 1.82. The molecule has 2 aromatic carbocycles. The van der Waals surface area contributed by atoms with Crippen molar-refractivity contribution in [1.29, 1.82) is 5.26 Å². The molecule has 2 heterocycles. The second kappa shape index (κ2) is 6.58. The number of nitrogens with zero attached hydrogens (tertiary/aromatic N) is 1. The van der Waals surface area contributed by atoms with Gasteiger partial charge in [-0.1, -0.05) is 29.3 Å². The van der Waals surface area contributed by atoms with Crippen LogP contribution >= 0.6 is 23.2 Å².